The van der Waals surface area contributed by atoms with Gasteiger partial charge < -0.3 is 9.05 Å². The van der Waals surface area contributed by atoms with Crippen LogP contribution in [0.3, 0.4) is 0 Å². The molecular formula is C14H21N2O5P. The highest BCUT2D eigenvalue weighted by Crippen LogP contribution is 2.62. The summed E-state index contributed by atoms with van der Waals surface area (Å²) in [6, 6.07) is 6.35. The van der Waals surface area contributed by atoms with E-state index in [-0.39, 0.29) is 5.69 Å². The van der Waals surface area contributed by atoms with Gasteiger partial charge in [0.2, 0.25) is 0 Å². The van der Waals surface area contributed by atoms with Crippen LogP contribution in [0.25, 0.3) is 0 Å². The van der Waals surface area contributed by atoms with Crippen LogP contribution in [0.4, 0.5) is 5.69 Å². The fourth-order valence-corrected chi connectivity index (χ4v) is 4.61. The normalized spacial score (nSPS) is 18.1. The van der Waals surface area contributed by atoms with Gasteiger partial charge in [-0.15, -0.1) is 0 Å². The van der Waals surface area contributed by atoms with E-state index < -0.39 is 18.3 Å². The maximum Gasteiger partial charge on any atom is 0.351 e. The topological polar surface area (TPSA) is 81.9 Å². The molecule has 0 amide bonds. The number of benzene rings is 1. The van der Waals surface area contributed by atoms with Crippen molar-refractivity contribution in [2.45, 2.75) is 25.0 Å². The zero-order valence-electron chi connectivity index (χ0n) is 12.8. The van der Waals surface area contributed by atoms with E-state index in [1.807, 2.05) is 4.90 Å². The molecule has 7 nitrogen and oxygen atoms in total. The first-order chi connectivity index (χ1) is 10.5. The van der Waals surface area contributed by atoms with Gasteiger partial charge in [0.1, 0.15) is 5.78 Å². The number of para-hydroxylation sites is 1. The Bertz CT molecular complexity index is 566. The summed E-state index contributed by atoms with van der Waals surface area (Å²) in [7, 11) is -0.896. The highest BCUT2D eigenvalue weighted by molar-refractivity contribution is 7.54. The molecule has 0 N–H and O–H groups in total. The van der Waals surface area contributed by atoms with Crippen LogP contribution in [0, 0.1) is 10.1 Å². The molecule has 8 heteroatoms. The van der Waals surface area contributed by atoms with Crippen molar-refractivity contribution >= 4 is 13.3 Å². The Morgan fingerprint density at radius 2 is 1.77 bits per heavy atom. The second-order valence-corrected chi connectivity index (χ2v) is 7.49. The summed E-state index contributed by atoms with van der Waals surface area (Å²) < 4.78 is 23.3. The van der Waals surface area contributed by atoms with Crippen molar-refractivity contribution in [3.63, 3.8) is 0 Å². The van der Waals surface area contributed by atoms with Crippen molar-refractivity contribution in [3.8, 4) is 0 Å². The van der Waals surface area contributed by atoms with Crippen LogP contribution in [-0.2, 0) is 13.6 Å². The number of nitro groups is 1. The summed E-state index contributed by atoms with van der Waals surface area (Å²) in [5.41, 5.74) is 0.314. The fourth-order valence-electron chi connectivity index (χ4n) is 2.88. The van der Waals surface area contributed by atoms with E-state index >= 15 is 0 Å². The Morgan fingerprint density at radius 3 is 2.32 bits per heavy atom. The molecule has 0 bridgehead atoms. The molecule has 22 heavy (non-hydrogen) atoms. The number of hydrogen-bond acceptors (Lipinski definition) is 6. The highest BCUT2D eigenvalue weighted by atomic mass is 31.2. The SMILES string of the molecule is COP(=O)(OC)C(c1ccccc1[N+](=O)[O-])N1CCCCC1. The van der Waals surface area contributed by atoms with Crippen molar-refractivity contribution in [1.29, 1.82) is 0 Å². The van der Waals surface area contributed by atoms with Gasteiger partial charge in [0.05, 0.1) is 10.5 Å². The molecule has 0 saturated carbocycles. The molecular weight excluding hydrogens is 307 g/mol. The Hall–Kier alpha value is -1.27. The van der Waals surface area contributed by atoms with Crippen molar-refractivity contribution in [3.05, 3.63) is 39.9 Å². The Balaban J connectivity index is 2.53. The van der Waals surface area contributed by atoms with Gasteiger partial charge in [0.25, 0.3) is 5.69 Å². The average Bonchev–Trinajstić information content (AvgIpc) is 2.56. The number of nitro benzene ring substituents is 1. The van der Waals surface area contributed by atoms with E-state index in [0.717, 1.165) is 19.3 Å². The summed E-state index contributed by atoms with van der Waals surface area (Å²) in [6.07, 6.45) is 3.03. The van der Waals surface area contributed by atoms with Crippen molar-refractivity contribution < 1.29 is 18.5 Å². The molecule has 1 unspecified atom stereocenters. The second-order valence-electron chi connectivity index (χ2n) is 5.19. The van der Waals surface area contributed by atoms with E-state index in [0.29, 0.717) is 18.7 Å². The molecule has 0 radical (unpaired) electrons. The summed E-state index contributed by atoms with van der Waals surface area (Å²) in [4.78, 5) is 12.8. The van der Waals surface area contributed by atoms with Gasteiger partial charge in [-0.3, -0.25) is 19.6 Å². The van der Waals surface area contributed by atoms with Crippen molar-refractivity contribution in [2.24, 2.45) is 0 Å². The molecule has 2 rings (SSSR count). The van der Waals surface area contributed by atoms with Crippen molar-refractivity contribution in [2.75, 3.05) is 27.3 Å². The summed E-state index contributed by atoms with van der Waals surface area (Å²) in [5, 5.41) is 11.3. The van der Waals surface area contributed by atoms with Crippen LogP contribution >= 0.6 is 7.60 Å². The van der Waals surface area contributed by atoms with E-state index in [1.165, 1.54) is 20.3 Å². The third-order valence-corrected chi connectivity index (χ3v) is 6.18. The lowest BCUT2D eigenvalue weighted by molar-refractivity contribution is -0.385. The number of likely N-dealkylation sites (tertiary alicyclic amines) is 1. The van der Waals surface area contributed by atoms with Gasteiger partial charge in [0, 0.05) is 20.3 Å². The molecule has 0 spiro atoms. The van der Waals surface area contributed by atoms with Gasteiger partial charge in [-0.05, 0) is 32.0 Å². The smallest absolute Gasteiger partial charge is 0.311 e. The van der Waals surface area contributed by atoms with E-state index in [9.17, 15) is 14.7 Å². The van der Waals surface area contributed by atoms with Gasteiger partial charge in [0.15, 0.2) is 0 Å². The maximum absolute atomic E-state index is 13.0. The Morgan fingerprint density at radius 1 is 1.18 bits per heavy atom. The summed E-state index contributed by atoms with van der Waals surface area (Å²) >= 11 is 0. The highest BCUT2D eigenvalue weighted by Gasteiger charge is 2.43. The summed E-state index contributed by atoms with van der Waals surface area (Å²) in [6.45, 7) is 1.43. The minimum absolute atomic E-state index is 0.0626. The third kappa shape index (κ3) is 3.38. The zero-order chi connectivity index (χ0) is 16.2. The van der Waals surface area contributed by atoms with Gasteiger partial charge >= 0.3 is 7.60 Å². The third-order valence-electron chi connectivity index (χ3n) is 3.96. The van der Waals surface area contributed by atoms with Gasteiger partial charge in [-0.25, -0.2) is 0 Å². The van der Waals surface area contributed by atoms with E-state index in [2.05, 4.69) is 0 Å². The first-order valence-corrected chi connectivity index (χ1v) is 8.83. The predicted octanol–water partition coefficient (Wildman–Crippen LogP) is 3.57. The molecule has 1 fully saturated rings. The number of nitrogens with zero attached hydrogens (tertiary/aromatic N) is 2. The Labute approximate surface area is 129 Å². The quantitative estimate of drug-likeness (QED) is 0.451. The van der Waals surface area contributed by atoms with E-state index in [4.69, 9.17) is 9.05 Å². The van der Waals surface area contributed by atoms with Crippen LogP contribution in [-0.4, -0.2) is 37.1 Å². The van der Waals surface area contributed by atoms with Crippen molar-refractivity contribution in [1.82, 2.24) is 4.90 Å². The largest absolute Gasteiger partial charge is 0.351 e. The molecule has 122 valence electrons. The number of rotatable bonds is 6. The predicted molar refractivity (Wildman–Crippen MR) is 82.9 cm³/mol. The first-order valence-electron chi connectivity index (χ1n) is 7.22. The molecule has 1 aliphatic heterocycles. The van der Waals surface area contributed by atoms with Crippen LogP contribution < -0.4 is 0 Å². The van der Waals surface area contributed by atoms with Gasteiger partial charge in [-0.2, -0.15) is 0 Å². The zero-order valence-corrected chi connectivity index (χ0v) is 13.7. The number of piperidine rings is 1. The standard InChI is InChI=1S/C14H21N2O5P/c1-20-22(19,21-2)14(15-10-6-3-7-11-15)12-8-4-5-9-13(12)16(17)18/h4-5,8-9,14H,3,6-7,10-11H2,1-2H3. The van der Waals surface area contributed by atoms with Crippen LogP contribution in [0.5, 0.6) is 0 Å². The van der Waals surface area contributed by atoms with Crippen LogP contribution in [0.1, 0.15) is 30.6 Å². The maximum atomic E-state index is 13.0. The molecule has 0 aliphatic carbocycles. The molecule has 0 aromatic heterocycles. The second kappa shape index (κ2) is 7.33. The minimum Gasteiger partial charge on any atom is -0.311 e. The number of hydrogen-bond donors (Lipinski definition) is 0. The molecule has 1 heterocycles. The molecule has 1 aromatic carbocycles. The lowest BCUT2D eigenvalue weighted by atomic mass is 10.1. The fraction of sp³-hybridized carbons (Fsp3) is 0.571. The Kier molecular flexibility index (Phi) is 5.69. The van der Waals surface area contributed by atoms with E-state index in [1.54, 1.807) is 18.2 Å². The molecule has 1 saturated heterocycles. The molecule has 1 aromatic rings. The lowest BCUT2D eigenvalue weighted by Crippen LogP contribution is -2.34. The average molecular weight is 328 g/mol. The minimum atomic E-state index is -3.53. The lowest BCUT2D eigenvalue weighted by Gasteiger charge is -2.36. The molecule has 1 atom stereocenters. The van der Waals surface area contributed by atoms with Crippen LogP contribution in [0.2, 0.25) is 0 Å². The first kappa shape index (κ1) is 17.1. The van der Waals surface area contributed by atoms with Crippen LogP contribution in [0.15, 0.2) is 24.3 Å². The molecule has 1 aliphatic rings. The summed E-state index contributed by atoms with van der Waals surface area (Å²) in [5.74, 6) is -0.760. The van der Waals surface area contributed by atoms with Gasteiger partial charge in [-0.1, -0.05) is 18.6 Å². The monoisotopic (exact) mass is 328 g/mol.